The summed E-state index contributed by atoms with van der Waals surface area (Å²) < 4.78 is 28.5. The van der Waals surface area contributed by atoms with Gasteiger partial charge in [-0.15, -0.1) is 4.52 Å². The second-order valence-corrected chi connectivity index (χ2v) is 11.1. The van der Waals surface area contributed by atoms with E-state index in [1.165, 1.54) is 5.56 Å². The molecule has 1 aliphatic rings. The summed E-state index contributed by atoms with van der Waals surface area (Å²) in [5.41, 5.74) is 2.16. The highest BCUT2D eigenvalue weighted by Crippen LogP contribution is 2.29. The van der Waals surface area contributed by atoms with Gasteiger partial charge in [0.25, 0.3) is 0 Å². The van der Waals surface area contributed by atoms with Crippen LogP contribution < -0.4 is 10.6 Å². The maximum atomic E-state index is 12.8. The summed E-state index contributed by atoms with van der Waals surface area (Å²) in [7, 11) is -2.09. The van der Waals surface area contributed by atoms with Crippen LogP contribution in [0.5, 0.6) is 0 Å². The van der Waals surface area contributed by atoms with Gasteiger partial charge in [-0.25, -0.2) is 14.4 Å². The molecule has 0 aliphatic carbocycles. The lowest BCUT2D eigenvalue weighted by atomic mass is 10.1. The number of benzene rings is 2. The van der Waals surface area contributed by atoms with Crippen molar-refractivity contribution < 1.29 is 32.9 Å². The number of unbranched alkanes of at least 4 members (excludes halogenated alkanes) is 3. The Morgan fingerprint density at radius 1 is 0.925 bits per heavy atom. The van der Waals surface area contributed by atoms with Gasteiger partial charge >= 0.3 is 26.1 Å². The van der Waals surface area contributed by atoms with Gasteiger partial charge in [0.1, 0.15) is 12.6 Å². The highest BCUT2D eigenvalue weighted by molar-refractivity contribution is 7.39. The summed E-state index contributed by atoms with van der Waals surface area (Å²) in [5.74, 6) is -1.45. The zero-order chi connectivity index (χ0) is 28.4. The van der Waals surface area contributed by atoms with E-state index in [-0.39, 0.29) is 13.0 Å². The van der Waals surface area contributed by atoms with Crippen molar-refractivity contribution in [3.8, 4) is 0 Å². The number of alkyl carbamates (subject to hydrolysis) is 1. The first-order valence-electron chi connectivity index (χ1n) is 14.1. The smallest absolute Gasteiger partial charge is 0.445 e. The first-order valence-corrected chi connectivity index (χ1v) is 15.5. The minimum Gasteiger partial charge on any atom is -0.445 e. The quantitative estimate of drug-likeness (QED) is 0.111. The summed E-state index contributed by atoms with van der Waals surface area (Å²) in [5, 5.41) is 5.69. The summed E-state index contributed by atoms with van der Waals surface area (Å²) in [6.45, 7) is 1.22. The molecular weight excluding hydrogens is 531 g/mol. The minimum atomic E-state index is -2.09. The molecule has 1 aliphatic heterocycles. The molecule has 2 N–H and O–H groups in total. The number of esters is 2. The number of nitrogens with one attached hydrogen (secondary N) is 2. The van der Waals surface area contributed by atoms with Crippen LogP contribution in [0, 0.1) is 0 Å². The molecule has 3 atom stereocenters. The molecule has 216 valence electrons. The number of aryl methyl sites for hydroxylation is 1. The molecule has 0 radical (unpaired) electrons. The lowest BCUT2D eigenvalue weighted by Gasteiger charge is -2.13. The maximum Gasteiger partial charge on any atom is 0.508 e. The number of carbonyl (C=O) groups excluding carboxylic acids is 3. The van der Waals surface area contributed by atoms with Crippen LogP contribution in [-0.2, 0) is 41.2 Å². The molecule has 2 unspecified atom stereocenters. The predicted octanol–water partition coefficient (Wildman–Crippen LogP) is 5.45. The molecular formula is C30H40N2O7P+. The molecule has 0 aromatic heterocycles. The molecule has 0 spiro atoms. The molecule has 0 bridgehead atoms. The number of hydrogen-bond donors (Lipinski definition) is 2. The van der Waals surface area contributed by atoms with Crippen LogP contribution in [-0.4, -0.2) is 49.4 Å². The highest BCUT2D eigenvalue weighted by atomic mass is 31.1. The molecule has 1 fully saturated rings. The fraction of sp³-hybridized carbons (Fsp3) is 0.500. The van der Waals surface area contributed by atoms with Crippen molar-refractivity contribution in [2.45, 2.75) is 76.5 Å². The molecule has 3 rings (SSSR count). The molecule has 2 aromatic carbocycles. The van der Waals surface area contributed by atoms with E-state index in [4.69, 9.17) is 14.0 Å². The lowest BCUT2D eigenvalue weighted by Crippen LogP contribution is -2.37. The molecule has 1 amide bonds. The van der Waals surface area contributed by atoms with Crippen molar-refractivity contribution in [3.05, 3.63) is 71.8 Å². The Bertz CT molecular complexity index is 1060. The largest absolute Gasteiger partial charge is 0.508 e. The molecule has 9 nitrogen and oxygen atoms in total. The number of hydrogen-bond acceptors (Lipinski definition) is 8. The average Bonchev–Trinajstić information content (AvgIpc) is 3.52. The topological polar surface area (TPSA) is 120 Å². The van der Waals surface area contributed by atoms with Gasteiger partial charge in [0.15, 0.2) is 6.16 Å². The van der Waals surface area contributed by atoms with Gasteiger partial charge in [0.2, 0.25) is 6.10 Å². The Morgan fingerprint density at radius 3 is 2.35 bits per heavy atom. The maximum absolute atomic E-state index is 12.8. The van der Waals surface area contributed by atoms with E-state index in [0.29, 0.717) is 44.9 Å². The van der Waals surface area contributed by atoms with Gasteiger partial charge in [-0.1, -0.05) is 60.7 Å². The Hall–Kier alpha value is -3.13. The standard InChI is InChI=1S/C30H39N2O7P/c33-28(26-18-12-21-31-26)38-29(34)27(39-40(36)22-11-3-8-15-24-13-4-1-5-14-24)19-9-10-20-32-30(35)37-23-25-16-6-2-7-17-25/h1-2,4-7,13-14,16-17,26-27,31H,3,8-12,15,18-23H2/p+1/t26-,27?/m0/s1. The third-order valence-corrected chi connectivity index (χ3v) is 7.75. The van der Waals surface area contributed by atoms with Crippen LogP contribution in [0.15, 0.2) is 60.7 Å². The normalized spacial score (nSPS) is 15.7. The summed E-state index contributed by atoms with van der Waals surface area (Å²) in [6, 6.07) is 19.1. The average molecular weight is 572 g/mol. The zero-order valence-electron chi connectivity index (χ0n) is 22.9. The zero-order valence-corrected chi connectivity index (χ0v) is 23.8. The molecule has 2 aromatic rings. The Balaban J connectivity index is 1.37. The van der Waals surface area contributed by atoms with Crippen molar-refractivity contribution in [2.75, 3.05) is 19.3 Å². The summed E-state index contributed by atoms with van der Waals surface area (Å²) in [6.07, 6.45) is 4.95. The van der Waals surface area contributed by atoms with Crippen LogP contribution in [0.25, 0.3) is 0 Å². The van der Waals surface area contributed by atoms with Crippen molar-refractivity contribution in [1.29, 1.82) is 0 Å². The highest BCUT2D eigenvalue weighted by Gasteiger charge is 2.34. The molecule has 10 heteroatoms. The van der Waals surface area contributed by atoms with Crippen molar-refractivity contribution in [3.63, 3.8) is 0 Å². The fourth-order valence-corrected chi connectivity index (χ4v) is 5.40. The van der Waals surface area contributed by atoms with E-state index < -0.39 is 38.2 Å². The first kappa shape index (κ1) is 31.4. The third kappa shape index (κ3) is 12.4. The van der Waals surface area contributed by atoms with Crippen molar-refractivity contribution >= 4 is 26.1 Å². The van der Waals surface area contributed by atoms with Crippen LogP contribution in [0.3, 0.4) is 0 Å². The molecule has 1 heterocycles. The van der Waals surface area contributed by atoms with E-state index in [9.17, 15) is 18.9 Å². The Kier molecular flexibility index (Phi) is 14.3. The van der Waals surface area contributed by atoms with E-state index in [2.05, 4.69) is 22.8 Å². The second kappa shape index (κ2) is 18.3. The number of carbonyl (C=O) groups is 3. The van der Waals surface area contributed by atoms with Gasteiger partial charge < -0.3 is 20.1 Å². The Labute approximate surface area is 237 Å². The predicted molar refractivity (Wildman–Crippen MR) is 152 cm³/mol. The van der Waals surface area contributed by atoms with E-state index in [0.717, 1.165) is 31.2 Å². The number of ether oxygens (including phenoxy) is 2. The summed E-state index contributed by atoms with van der Waals surface area (Å²) >= 11 is 0. The molecule has 0 saturated carbocycles. The third-order valence-electron chi connectivity index (χ3n) is 6.58. The molecule has 1 saturated heterocycles. The van der Waals surface area contributed by atoms with E-state index >= 15 is 0 Å². The van der Waals surface area contributed by atoms with Crippen molar-refractivity contribution in [1.82, 2.24) is 10.6 Å². The summed E-state index contributed by atoms with van der Waals surface area (Å²) in [4.78, 5) is 37.0. The molecule has 40 heavy (non-hydrogen) atoms. The van der Waals surface area contributed by atoms with Gasteiger partial charge in [0, 0.05) is 6.54 Å². The van der Waals surface area contributed by atoms with Gasteiger partial charge in [-0.3, -0.25) is 0 Å². The van der Waals surface area contributed by atoms with Crippen LogP contribution >= 0.6 is 8.03 Å². The van der Waals surface area contributed by atoms with Crippen LogP contribution in [0.1, 0.15) is 62.5 Å². The van der Waals surface area contributed by atoms with Crippen LogP contribution in [0.2, 0.25) is 0 Å². The van der Waals surface area contributed by atoms with Gasteiger partial charge in [0.05, 0.1) is 0 Å². The first-order chi connectivity index (χ1) is 19.5. The Morgan fingerprint density at radius 2 is 1.65 bits per heavy atom. The van der Waals surface area contributed by atoms with E-state index in [1.807, 2.05) is 48.5 Å². The number of amides is 1. The second-order valence-electron chi connectivity index (χ2n) is 9.82. The lowest BCUT2D eigenvalue weighted by molar-refractivity contribution is -0.166. The van der Waals surface area contributed by atoms with Gasteiger partial charge in [-0.2, -0.15) is 0 Å². The van der Waals surface area contributed by atoms with Crippen LogP contribution in [0.4, 0.5) is 4.79 Å². The monoisotopic (exact) mass is 571 g/mol. The fourth-order valence-electron chi connectivity index (χ4n) is 4.34. The SMILES string of the molecule is O=C(NCCCCC(O[P+](=O)CCCCCc1ccccc1)C(=O)OC(=O)[C@@H]1CCCN1)OCc1ccccc1. The minimum absolute atomic E-state index is 0.178. The number of rotatable bonds is 17. The van der Waals surface area contributed by atoms with Crippen molar-refractivity contribution in [2.24, 2.45) is 0 Å². The van der Waals surface area contributed by atoms with E-state index in [1.54, 1.807) is 0 Å². The van der Waals surface area contributed by atoms with Gasteiger partial charge in [-0.05, 0) is 80.0 Å².